The number of aromatic nitrogens is 2. The van der Waals surface area contributed by atoms with Gasteiger partial charge in [0.05, 0.1) is 11.8 Å². The van der Waals surface area contributed by atoms with Crippen LogP contribution in [0.1, 0.15) is 18.7 Å². The Balaban J connectivity index is 2.96. The number of nitrogen functional groups attached to an aromatic ring is 1. The molecular formula is C6H9N3O. The van der Waals surface area contributed by atoms with Crippen LogP contribution >= 0.6 is 0 Å². The third kappa shape index (κ3) is 1.41. The molecule has 1 heterocycles. The van der Waals surface area contributed by atoms with E-state index in [2.05, 4.69) is 9.97 Å². The maximum atomic E-state index is 9.00. The molecule has 1 aromatic heterocycles. The van der Waals surface area contributed by atoms with Crippen LogP contribution in [0.15, 0.2) is 12.4 Å². The lowest BCUT2D eigenvalue weighted by atomic mass is 10.3. The Morgan fingerprint density at radius 2 is 2.30 bits per heavy atom. The number of nitrogens with two attached hydrogens (primary N) is 1. The molecule has 0 aliphatic heterocycles. The highest BCUT2D eigenvalue weighted by Gasteiger charge is 2.00. The third-order valence-corrected chi connectivity index (χ3v) is 1.14. The molecule has 1 aromatic rings. The Hall–Kier alpha value is -1.16. The normalized spacial score (nSPS) is 13.0. The van der Waals surface area contributed by atoms with Crippen molar-refractivity contribution in [3.63, 3.8) is 0 Å². The van der Waals surface area contributed by atoms with Crippen LogP contribution in [0.25, 0.3) is 0 Å². The lowest BCUT2D eigenvalue weighted by molar-refractivity contribution is 0.194. The summed E-state index contributed by atoms with van der Waals surface area (Å²) in [6, 6.07) is 1.55. The minimum absolute atomic E-state index is 0.380. The standard InChI is InChI=1S/C6H9N3O/c1-4(10)5-2-6(7)9-3-8-5/h2-4,10H,1H3,(H2,7,8,9). The fraction of sp³-hybridized carbons (Fsp3) is 0.333. The van der Waals surface area contributed by atoms with Gasteiger partial charge in [0.25, 0.3) is 0 Å². The van der Waals surface area contributed by atoms with Crippen molar-refractivity contribution in [2.24, 2.45) is 0 Å². The van der Waals surface area contributed by atoms with Crippen LogP contribution in [-0.2, 0) is 0 Å². The average molecular weight is 139 g/mol. The first kappa shape index (κ1) is 6.95. The summed E-state index contributed by atoms with van der Waals surface area (Å²) < 4.78 is 0. The SMILES string of the molecule is CC(O)c1cc(N)ncn1. The van der Waals surface area contributed by atoms with Gasteiger partial charge in [0.1, 0.15) is 12.1 Å². The molecule has 0 radical (unpaired) electrons. The van der Waals surface area contributed by atoms with Gasteiger partial charge in [0, 0.05) is 6.07 Å². The minimum atomic E-state index is -0.578. The van der Waals surface area contributed by atoms with E-state index in [-0.39, 0.29) is 0 Å². The molecule has 3 N–H and O–H groups in total. The molecule has 1 unspecified atom stereocenters. The summed E-state index contributed by atoms with van der Waals surface area (Å²) >= 11 is 0. The van der Waals surface area contributed by atoms with Gasteiger partial charge in [0.15, 0.2) is 0 Å². The van der Waals surface area contributed by atoms with Crippen molar-refractivity contribution in [2.45, 2.75) is 13.0 Å². The topological polar surface area (TPSA) is 72.0 Å². The summed E-state index contributed by atoms with van der Waals surface area (Å²) in [6.45, 7) is 1.63. The van der Waals surface area contributed by atoms with E-state index in [1.54, 1.807) is 13.0 Å². The summed E-state index contributed by atoms with van der Waals surface area (Å²) in [5.41, 5.74) is 5.88. The molecule has 0 aromatic carbocycles. The molecule has 54 valence electrons. The van der Waals surface area contributed by atoms with Gasteiger partial charge in [-0.3, -0.25) is 0 Å². The second-order valence-corrected chi connectivity index (χ2v) is 2.04. The van der Waals surface area contributed by atoms with Gasteiger partial charge in [-0.2, -0.15) is 0 Å². The smallest absolute Gasteiger partial charge is 0.127 e. The van der Waals surface area contributed by atoms with E-state index >= 15 is 0 Å². The lowest BCUT2D eigenvalue weighted by Crippen LogP contribution is -1.98. The highest BCUT2D eigenvalue weighted by Crippen LogP contribution is 2.08. The highest BCUT2D eigenvalue weighted by atomic mass is 16.3. The molecule has 0 aliphatic rings. The summed E-state index contributed by atoms with van der Waals surface area (Å²) in [7, 11) is 0. The number of aliphatic hydroxyl groups is 1. The summed E-state index contributed by atoms with van der Waals surface area (Å²) in [5, 5.41) is 9.00. The van der Waals surface area contributed by atoms with Crippen molar-refractivity contribution in [3.05, 3.63) is 18.1 Å². The first-order valence-electron chi connectivity index (χ1n) is 2.95. The van der Waals surface area contributed by atoms with E-state index in [4.69, 9.17) is 10.8 Å². The first-order valence-corrected chi connectivity index (χ1v) is 2.95. The van der Waals surface area contributed by atoms with Crippen LogP contribution in [0.5, 0.6) is 0 Å². The maximum Gasteiger partial charge on any atom is 0.127 e. The zero-order chi connectivity index (χ0) is 7.56. The van der Waals surface area contributed by atoms with E-state index < -0.39 is 6.10 Å². The molecule has 0 spiro atoms. The summed E-state index contributed by atoms with van der Waals surface area (Å²) in [4.78, 5) is 7.48. The highest BCUT2D eigenvalue weighted by molar-refractivity contribution is 5.28. The van der Waals surface area contributed by atoms with Crippen LogP contribution in [0, 0.1) is 0 Å². The van der Waals surface area contributed by atoms with Gasteiger partial charge in [-0.15, -0.1) is 0 Å². The van der Waals surface area contributed by atoms with Gasteiger partial charge in [-0.1, -0.05) is 0 Å². The predicted octanol–water partition coefficient (Wildman–Crippen LogP) is 0.112. The van der Waals surface area contributed by atoms with Gasteiger partial charge < -0.3 is 10.8 Å². The number of aliphatic hydroxyl groups excluding tert-OH is 1. The van der Waals surface area contributed by atoms with E-state index in [0.29, 0.717) is 11.5 Å². The van der Waals surface area contributed by atoms with Crippen LogP contribution in [0.3, 0.4) is 0 Å². The van der Waals surface area contributed by atoms with Crippen molar-refractivity contribution in [1.82, 2.24) is 9.97 Å². The van der Waals surface area contributed by atoms with Gasteiger partial charge in [-0.25, -0.2) is 9.97 Å². The summed E-state index contributed by atoms with van der Waals surface area (Å²) in [5.74, 6) is 0.380. The van der Waals surface area contributed by atoms with Gasteiger partial charge in [0.2, 0.25) is 0 Å². The molecule has 0 saturated heterocycles. The second-order valence-electron chi connectivity index (χ2n) is 2.04. The van der Waals surface area contributed by atoms with Crippen molar-refractivity contribution >= 4 is 5.82 Å². The Bertz CT molecular complexity index is 224. The van der Waals surface area contributed by atoms with E-state index in [1.807, 2.05) is 0 Å². The molecule has 1 rings (SSSR count). The number of anilines is 1. The Kier molecular flexibility index (Phi) is 1.82. The molecule has 0 amide bonds. The largest absolute Gasteiger partial charge is 0.387 e. The molecule has 4 heteroatoms. The molecule has 0 saturated carbocycles. The van der Waals surface area contributed by atoms with E-state index in [1.165, 1.54) is 6.33 Å². The van der Waals surface area contributed by atoms with Gasteiger partial charge >= 0.3 is 0 Å². The zero-order valence-electron chi connectivity index (χ0n) is 5.65. The fourth-order valence-electron chi connectivity index (χ4n) is 0.617. The Morgan fingerprint density at radius 3 is 2.70 bits per heavy atom. The van der Waals surface area contributed by atoms with E-state index in [9.17, 15) is 0 Å². The molecule has 0 bridgehead atoms. The number of hydrogen-bond acceptors (Lipinski definition) is 4. The molecule has 0 fully saturated rings. The Labute approximate surface area is 58.7 Å². The average Bonchev–Trinajstić information content (AvgIpc) is 1.88. The minimum Gasteiger partial charge on any atom is -0.387 e. The third-order valence-electron chi connectivity index (χ3n) is 1.14. The van der Waals surface area contributed by atoms with Crippen LogP contribution in [0.2, 0.25) is 0 Å². The van der Waals surface area contributed by atoms with Crippen LogP contribution < -0.4 is 5.73 Å². The van der Waals surface area contributed by atoms with Crippen molar-refractivity contribution in [2.75, 3.05) is 5.73 Å². The molecular weight excluding hydrogens is 130 g/mol. The Morgan fingerprint density at radius 1 is 1.60 bits per heavy atom. The number of hydrogen-bond donors (Lipinski definition) is 2. The fourth-order valence-corrected chi connectivity index (χ4v) is 0.617. The first-order chi connectivity index (χ1) is 4.70. The zero-order valence-corrected chi connectivity index (χ0v) is 5.65. The second kappa shape index (κ2) is 2.62. The van der Waals surface area contributed by atoms with Crippen LogP contribution in [-0.4, -0.2) is 15.1 Å². The van der Waals surface area contributed by atoms with E-state index in [0.717, 1.165) is 0 Å². The molecule has 0 aliphatic carbocycles. The van der Waals surface area contributed by atoms with Crippen molar-refractivity contribution in [3.8, 4) is 0 Å². The number of rotatable bonds is 1. The molecule has 4 nitrogen and oxygen atoms in total. The van der Waals surface area contributed by atoms with Crippen LogP contribution in [0.4, 0.5) is 5.82 Å². The van der Waals surface area contributed by atoms with Crippen molar-refractivity contribution in [1.29, 1.82) is 0 Å². The molecule has 10 heavy (non-hydrogen) atoms. The van der Waals surface area contributed by atoms with Crippen molar-refractivity contribution < 1.29 is 5.11 Å². The summed E-state index contributed by atoms with van der Waals surface area (Å²) in [6.07, 6.45) is 0.752. The molecule has 1 atom stereocenters. The number of nitrogens with zero attached hydrogens (tertiary/aromatic N) is 2. The monoisotopic (exact) mass is 139 g/mol. The van der Waals surface area contributed by atoms with Gasteiger partial charge in [-0.05, 0) is 6.92 Å². The predicted molar refractivity (Wildman–Crippen MR) is 37.1 cm³/mol. The quantitative estimate of drug-likeness (QED) is 0.579. The lowest BCUT2D eigenvalue weighted by Gasteiger charge is -2.01. The maximum absolute atomic E-state index is 9.00.